The average Bonchev–Trinajstić information content (AvgIpc) is 2.37. The molecule has 2 nitrogen and oxygen atoms in total. The summed E-state index contributed by atoms with van der Waals surface area (Å²) in [6, 6.07) is 0.726. The van der Waals surface area contributed by atoms with Gasteiger partial charge in [-0.05, 0) is 24.7 Å². The Morgan fingerprint density at radius 2 is 1.78 bits per heavy atom. The van der Waals surface area contributed by atoms with Crippen LogP contribution in [0.15, 0.2) is 0 Å². The molecule has 0 saturated carbocycles. The van der Waals surface area contributed by atoms with Gasteiger partial charge in [-0.3, -0.25) is 4.90 Å². The van der Waals surface area contributed by atoms with E-state index in [1.807, 2.05) is 0 Å². The molecule has 108 valence electrons. The van der Waals surface area contributed by atoms with Gasteiger partial charge in [0, 0.05) is 31.2 Å². The summed E-state index contributed by atoms with van der Waals surface area (Å²) in [4.78, 5) is 2.77. The maximum absolute atomic E-state index is 3.86. The molecule has 0 aliphatic carbocycles. The van der Waals surface area contributed by atoms with E-state index < -0.39 is 0 Å². The molecular formula is C16H34N2. The molecule has 1 fully saturated rings. The maximum atomic E-state index is 3.86. The Kier molecular flexibility index (Phi) is 6.13. The van der Waals surface area contributed by atoms with Crippen LogP contribution in [-0.2, 0) is 0 Å². The molecular weight excluding hydrogens is 220 g/mol. The summed E-state index contributed by atoms with van der Waals surface area (Å²) in [5.74, 6) is 1.56. The van der Waals surface area contributed by atoms with E-state index in [0.717, 1.165) is 17.9 Å². The Balaban J connectivity index is 2.78. The summed E-state index contributed by atoms with van der Waals surface area (Å²) < 4.78 is 0. The Hall–Kier alpha value is -0.0800. The second-order valence-electron chi connectivity index (χ2n) is 6.64. The minimum atomic E-state index is 0.360. The first-order valence-electron chi connectivity index (χ1n) is 7.97. The summed E-state index contributed by atoms with van der Waals surface area (Å²) in [6.45, 7) is 17.7. The van der Waals surface area contributed by atoms with Crippen molar-refractivity contribution in [2.24, 2.45) is 11.8 Å². The van der Waals surface area contributed by atoms with Crippen LogP contribution in [0.2, 0.25) is 0 Å². The molecule has 1 heterocycles. The van der Waals surface area contributed by atoms with Crippen LogP contribution in [-0.4, -0.2) is 36.1 Å². The Labute approximate surface area is 115 Å². The quantitative estimate of drug-likeness (QED) is 0.780. The molecule has 1 aliphatic heterocycles. The average molecular weight is 254 g/mol. The SMILES string of the molecule is CCC(C)C1CNC(CC)(CC)CN1CC(C)C. The van der Waals surface area contributed by atoms with Crippen molar-refractivity contribution in [3.63, 3.8) is 0 Å². The standard InChI is InChI=1S/C16H34N2/c1-7-14(6)15-10-17-16(8-2,9-3)12-18(15)11-13(4)5/h13-15,17H,7-12H2,1-6H3. The third kappa shape index (κ3) is 3.71. The number of rotatable bonds is 6. The van der Waals surface area contributed by atoms with Crippen molar-refractivity contribution in [3.8, 4) is 0 Å². The molecule has 0 amide bonds. The summed E-state index contributed by atoms with van der Waals surface area (Å²) in [6.07, 6.45) is 3.77. The van der Waals surface area contributed by atoms with Crippen LogP contribution in [0.5, 0.6) is 0 Å². The molecule has 0 aromatic heterocycles. The minimum absolute atomic E-state index is 0.360. The number of piperazine rings is 1. The van der Waals surface area contributed by atoms with Gasteiger partial charge in [-0.2, -0.15) is 0 Å². The summed E-state index contributed by atoms with van der Waals surface area (Å²) in [5.41, 5.74) is 0.360. The molecule has 0 aromatic rings. The predicted octanol–water partition coefficient (Wildman–Crippen LogP) is 3.52. The lowest BCUT2D eigenvalue weighted by atomic mass is 9.85. The van der Waals surface area contributed by atoms with E-state index in [0.29, 0.717) is 5.54 Å². The van der Waals surface area contributed by atoms with Crippen LogP contribution >= 0.6 is 0 Å². The van der Waals surface area contributed by atoms with Gasteiger partial charge < -0.3 is 5.32 Å². The van der Waals surface area contributed by atoms with Crippen LogP contribution in [0.25, 0.3) is 0 Å². The minimum Gasteiger partial charge on any atom is -0.308 e. The third-order valence-corrected chi connectivity index (χ3v) is 4.91. The summed E-state index contributed by atoms with van der Waals surface area (Å²) >= 11 is 0. The monoisotopic (exact) mass is 254 g/mol. The van der Waals surface area contributed by atoms with Gasteiger partial charge >= 0.3 is 0 Å². The first kappa shape index (κ1) is 16.0. The third-order valence-electron chi connectivity index (χ3n) is 4.91. The van der Waals surface area contributed by atoms with Gasteiger partial charge in [0.05, 0.1) is 0 Å². The van der Waals surface area contributed by atoms with Crippen molar-refractivity contribution in [2.75, 3.05) is 19.6 Å². The zero-order valence-corrected chi connectivity index (χ0v) is 13.4. The van der Waals surface area contributed by atoms with Crippen molar-refractivity contribution in [2.45, 2.75) is 72.4 Å². The van der Waals surface area contributed by atoms with E-state index in [1.54, 1.807) is 0 Å². The molecule has 1 rings (SSSR count). The van der Waals surface area contributed by atoms with Crippen LogP contribution in [0.1, 0.15) is 60.8 Å². The van der Waals surface area contributed by atoms with Gasteiger partial charge in [-0.25, -0.2) is 0 Å². The fourth-order valence-corrected chi connectivity index (χ4v) is 3.24. The Morgan fingerprint density at radius 3 is 2.22 bits per heavy atom. The zero-order valence-electron chi connectivity index (χ0n) is 13.4. The highest BCUT2D eigenvalue weighted by atomic mass is 15.3. The van der Waals surface area contributed by atoms with Crippen molar-refractivity contribution in [1.82, 2.24) is 10.2 Å². The van der Waals surface area contributed by atoms with Crippen LogP contribution in [0.4, 0.5) is 0 Å². The van der Waals surface area contributed by atoms with Gasteiger partial charge in [0.1, 0.15) is 0 Å². The van der Waals surface area contributed by atoms with Crippen molar-refractivity contribution in [1.29, 1.82) is 0 Å². The number of nitrogens with one attached hydrogen (secondary N) is 1. The molecule has 2 atom stereocenters. The van der Waals surface area contributed by atoms with Gasteiger partial charge in [0.25, 0.3) is 0 Å². The maximum Gasteiger partial charge on any atom is 0.0304 e. The Morgan fingerprint density at radius 1 is 1.17 bits per heavy atom. The summed E-state index contributed by atoms with van der Waals surface area (Å²) in [7, 11) is 0. The highest BCUT2D eigenvalue weighted by molar-refractivity contribution is 4.97. The van der Waals surface area contributed by atoms with Gasteiger partial charge in [0.15, 0.2) is 0 Å². The highest BCUT2D eigenvalue weighted by Gasteiger charge is 2.38. The van der Waals surface area contributed by atoms with E-state index >= 15 is 0 Å². The van der Waals surface area contributed by atoms with E-state index in [4.69, 9.17) is 0 Å². The first-order chi connectivity index (χ1) is 8.48. The lowest BCUT2D eigenvalue weighted by Crippen LogP contribution is -2.65. The number of hydrogen-bond donors (Lipinski definition) is 1. The molecule has 2 heteroatoms. The molecule has 1 saturated heterocycles. The first-order valence-corrected chi connectivity index (χ1v) is 7.97. The van der Waals surface area contributed by atoms with Gasteiger partial charge in [0.2, 0.25) is 0 Å². The van der Waals surface area contributed by atoms with E-state index in [-0.39, 0.29) is 0 Å². The fraction of sp³-hybridized carbons (Fsp3) is 1.00. The predicted molar refractivity (Wildman–Crippen MR) is 81.0 cm³/mol. The second-order valence-corrected chi connectivity index (χ2v) is 6.64. The second kappa shape index (κ2) is 6.91. The summed E-state index contributed by atoms with van der Waals surface area (Å²) in [5, 5.41) is 3.86. The van der Waals surface area contributed by atoms with Crippen molar-refractivity contribution >= 4 is 0 Å². The highest BCUT2D eigenvalue weighted by Crippen LogP contribution is 2.27. The topological polar surface area (TPSA) is 15.3 Å². The van der Waals surface area contributed by atoms with Crippen molar-refractivity contribution < 1.29 is 0 Å². The van der Waals surface area contributed by atoms with Gasteiger partial charge in [-0.1, -0.05) is 48.0 Å². The largest absolute Gasteiger partial charge is 0.308 e. The molecule has 1 N–H and O–H groups in total. The fourth-order valence-electron chi connectivity index (χ4n) is 3.24. The molecule has 0 aromatic carbocycles. The number of hydrogen-bond acceptors (Lipinski definition) is 2. The number of nitrogens with zero attached hydrogens (tertiary/aromatic N) is 1. The molecule has 0 bridgehead atoms. The van der Waals surface area contributed by atoms with Crippen LogP contribution in [0, 0.1) is 11.8 Å². The lowest BCUT2D eigenvalue weighted by molar-refractivity contribution is 0.0372. The van der Waals surface area contributed by atoms with Crippen LogP contribution < -0.4 is 5.32 Å². The van der Waals surface area contributed by atoms with E-state index in [9.17, 15) is 0 Å². The normalized spacial score (nSPS) is 26.5. The molecule has 18 heavy (non-hydrogen) atoms. The van der Waals surface area contributed by atoms with Gasteiger partial charge in [-0.15, -0.1) is 0 Å². The zero-order chi connectivity index (χ0) is 13.8. The molecule has 0 radical (unpaired) electrons. The van der Waals surface area contributed by atoms with E-state index in [2.05, 4.69) is 51.8 Å². The Bertz CT molecular complexity index is 233. The lowest BCUT2D eigenvalue weighted by Gasteiger charge is -2.50. The molecule has 0 spiro atoms. The molecule has 1 aliphatic rings. The molecule has 2 unspecified atom stereocenters. The van der Waals surface area contributed by atoms with Crippen molar-refractivity contribution in [3.05, 3.63) is 0 Å². The van der Waals surface area contributed by atoms with Crippen LogP contribution in [0.3, 0.4) is 0 Å². The smallest absolute Gasteiger partial charge is 0.0304 e. The van der Waals surface area contributed by atoms with E-state index in [1.165, 1.54) is 38.9 Å².